The summed E-state index contributed by atoms with van der Waals surface area (Å²) >= 11 is 0. The third-order valence-corrected chi connectivity index (χ3v) is 4.93. The molecule has 1 aromatic heterocycles. The molecule has 146 valence electrons. The Morgan fingerprint density at radius 2 is 1.93 bits per heavy atom. The molecule has 0 fully saturated rings. The van der Waals surface area contributed by atoms with Crippen molar-refractivity contribution in [2.24, 2.45) is 0 Å². The highest BCUT2D eigenvalue weighted by Crippen LogP contribution is 2.38. The summed E-state index contributed by atoms with van der Waals surface area (Å²) < 4.78 is 22.8. The van der Waals surface area contributed by atoms with Crippen molar-refractivity contribution in [2.45, 2.75) is 20.0 Å². The van der Waals surface area contributed by atoms with E-state index in [9.17, 15) is 0 Å². The fourth-order valence-electron chi connectivity index (χ4n) is 3.47. The first kappa shape index (κ1) is 18.4. The molecule has 0 radical (unpaired) electrons. The summed E-state index contributed by atoms with van der Waals surface area (Å²) in [6.07, 6.45) is 0. The van der Waals surface area contributed by atoms with E-state index in [1.807, 2.05) is 43.3 Å². The molecule has 0 amide bonds. The van der Waals surface area contributed by atoms with Crippen LogP contribution in [0.15, 0.2) is 46.9 Å². The predicted octanol–water partition coefficient (Wildman–Crippen LogP) is 4.06. The molecule has 6 heteroatoms. The monoisotopic (exact) mass is 380 g/mol. The van der Waals surface area contributed by atoms with Crippen LogP contribution >= 0.6 is 0 Å². The molecule has 3 aromatic rings. The number of nitrogens with zero attached hydrogens (tertiary/aromatic N) is 2. The van der Waals surface area contributed by atoms with Crippen molar-refractivity contribution in [1.29, 1.82) is 0 Å². The van der Waals surface area contributed by atoms with Crippen LogP contribution in [0.1, 0.15) is 17.0 Å². The van der Waals surface area contributed by atoms with E-state index in [1.165, 1.54) is 5.56 Å². The third kappa shape index (κ3) is 3.55. The molecule has 28 heavy (non-hydrogen) atoms. The van der Waals surface area contributed by atoms with Crippen molar-refractivity contribution >= 4 is 0 Å². The highest BCUT2D eigenvalue weighted by atomic mass is 16.5. The van der Waals surface area contributed by atoms with Crippen LogP contribution in [0.2, 0.25) is 0 Å². The van der Waals surface area contributed by atoms with Crippen LogP contribution in [-0.2, 0) is 13.1 Å². The average molecular weight is 380 g/mol. The van der Waals surface area contributed by atoms with Crippen LogP contribution in [0, 0.1) is 6.92 Å². The molecule has 0 atom stereocenters. The quantitative estimate of drug-likeness (QED) is 0.665. The van der Waals surface area contributed by atoms with Gasteiger partial charge in [0.15, 0.2) is 11.5 Å². The number of oxazole rings is 1. The van der Waals surface area contributed by atoms with Gasteiger partial charge >= 0.3 is 0 Å². The van der Waals surface area contributed by atoms with Gasteiger partial charge in [0.05, 0.1) is 25.5 Å². The van der Waals surface area contributed by atoms with E-state index >= 15 is 0 Å². The van der Waals surface area contributed by atoms with Gasteiger partial charge in [0.25, 0.3) is 0 Å². The SMILES string of the molecule is COc1cccc(-c2nc(CN3CCOc4ccccc4C3)c(C)o2)c1OC. The molecule has 0 N–H and O–H groups in total. The van der Waals surface area contributed by atoms with Crippen LogP contribution in [0.5, 0.6) is 17.2 Å². The van der Waals surface area contributed by atoms with Crippen LogP contribution in [-0.4, -0.2) is 37.3 Å². The van der Waals surface area contributed by atoms with Crippen molar-refractivity contribution < 1.29 is 18.6 Å². The molecule has 0 bridgehead atoms. The van der Waals surface area contributed by atoms with E-state index in [4.69, 9.17) is 23.6 Å². The van der Waals surface area contributed by atoms with E-state index in [0.29, 0.717) is 30.5 Å². The first-order valence-electron chi connectivity index (χ1n) is 9.30. The minimum absolute atomic E-state index is 0.537. The molecule has 2 aromatic carbocycles. The van der Waals surface area contributed by atoms with E-state index in [1.54, 1.807) is 14.2 Å². The second-order valence-electron chi connectivity index (χ2n) is 6.73. The van der Waals surface area contributed by atoms with Crippen LogP contribution in [0.4, 0.5) is 0 Å². The minimum atomic E-state index is 0.537. The molecular formula is C22H24N2O4. The zero-order valence-electron chi connectivity index (χ0n) is 16.4. The maximum absolute atomic E-state index is 5.98. The van der Waals surface area contributed by atoms with Gasteiger partial charge in [-0.25, -0.2) is 4.98 Å². The predicted molar refractivity (Wildman–Crippen MR) is 106 cm³/mol. The summed E-state index contributed by atoms with van der Waals surface area (Å²) in [5.41, 5.74) is 2.89. The molecule has 0 aliphatic carbocycles. The van der Waals surface area contributed by atoms with Gasteiger partial charge in [0.1, 0.15) is 18.1 Å². The topological polar surface area (TPSA) is 57.0 Å². The summed E-state index contributed by atoms with van der Waals surface area (Å²) in [6.45, 7) is 4.95. The molecule has 0 unspecified atom stereocenters. The Hall–Kier alpha value is -2.99. The van der Waals surface area contributed by atoms with Crippen molar-refractivity contribution in [3.8, 4) is 28.7 Å². The minimum Gasteiger partial charge on any atom is -0.493 e. The lowest BCUT2D eigenvalue weighted by molar-refractivity contribution is 0.217. The number of hydrogen-bond donors (Lipinski definition) is 0. The molecule has 1 aliphatic heterocycles. The van der Waals surface area contributed by atoms with Crippen molar-refractivity contribution in [3.05, 3.63) is 59.5 Å². The van der Waals surface area contributed by atoms with Gasteiger partial charge in [0.2, 0.25) is 5.89 Å². The lowest BCUT2D eigenvalue weighted by Crippen LogP contribution is -2.25. The number of rotatable bonds is 5. The van der Waals surface area contributed by atoms with Gasteiger partial charge in [-0.1, -0.05) is 24.3 Å². The van der Waals surface area contributed by atoms with Crippen molar-refractivity contribution in [1.82, 2.24) is 9.88 Å². The summed E-state index contributed by atoms with van der Waals surface area (Å²) in [5.74, 6) is 3.57. The third-order valence-electron chi connectivity index (χ3n) is 4.93. The lowest BCUT2D eigenvalue weighted by atomic mass is 10.2. The first-order valence-corrected chi connectivity index (χ1v) is 9.30. The first-order chi connectivity index (χ1) is 13.7. The molecule has 0 spiro atoms. The van der Waals surface area contributed by atoms with Gasteiger partial charge < -0.3 is 18.6 Å². The Morgan fingerprint density at radius 1 is 1.07 bits per heavy atom. The number of benzene rings is 2. The number of para-hydroxylation sites is 2. The zero-order chi connectivity index (χ0) is 19.5. The Kier molecular flexibility index (Phi) is 5.21. The fraction of sp³-hybridized carbons (Fsp3) is 0.318. The lowest BCUT2D eigenvalue weighted by Gasteiger charge is -2.18. The number of methoxy groups -OCH3 is 2. The Bertz CT molecular complexity index is 967. The van der Waals surface area contributed by atoms with Gasteiger partial charge in [-0.3, -0.25) is 4.90 Å². The van der Waals surface area contributed by atoms with Gasteiger partial charge in [-0.15, -0.1) is 0 Å². The number of aryl methyl sites for hydroxylation is 1. The number of ether oxygens (including phenoxy) is 3. The molecular weight excluding hydrogens is 356 g/mol. The van der Waals surface area contributed by atoms with Crippen molar-refractivity contribution in [2.75, 3.05) is 27.4 Å². The van der Waals surface area contributed by atoms with Crippen LogP contribution < -0.4 is 14.2 Å². The zero-order valence-corrected chi connectivity index (χ0v) is 16.4. The van der Waals surface area contributed by atoms with Crippen molar-refractivity contribution in [3.63, 3.8) is 0 Å². The Morgan fingerprint density at radius 3 is 2.75 bits per heavy atom. The normalized spacial score (nSPS) is 14.1. The van der Waals surface area contributed by atoms with E-state index in [2.05, 4.69) is 11.0 Å². The molecule has 0 saturated carbocycles. The average Bonchev–Trinajstić information content (AvgIpc) is 2.95. The largest absolute Gasteiger partial charge is 0.493 e. The highest BCUT2D eigenvalue weighted by Gasteiger charge is 2.21. The van der Waals surface area contributed by atoms with Crippen LogP contribution in [0.3, 0.4) is 0 Å². The molecule has 6 nitrogen and oxygen atoms in total. The summed E-state index contributed by atoms with van der Waals surface area (Å²) in [6, 6.07) is 13.9. The second-order valence-corrected chi connectivity index (χ2v) is 6.73. The standard InChI is InChI=1S/C22H24N2O4/c1-15-18(14-24-11-12-27-19-9-5-4-7-16(19)13-24)23-22(28-15)17-8-6-10-20(25-2)21(17)26-3/h4-10H,11-14H2,1-3H3. The summed E-state index contributed by atoms with van der Waals surface area (Å²) in [4.78, 5) is 7.08. The van der Waals surface area contributed by atoms with E-state index in [-0.39, 0.29) is 0 Å². The van der Waals surface area contributed by atoms with E-state index in [0.717, 1.165) is 35.9 Å². The number of hydrogen-bond acceptors (Lipinski definition) is 6. The molecule has 4 rings (SSSR count). The van der Waals surface area contributed by atoms with Gasteiger partial charge in [-0.2, -0.15) is 0 Å². The van der Waals surface area contributed by atoms with Gasteiger partial charge in [0, 0.05) is 25.2 Å². The molecule has 0 saturated heterocycles. The molecule has 1 aliphatic rings. The summed E-state index contributed by atoms with van der Waals surface area (Å²) in [5, 5.41) is 0. The van der Waals surface area contributed by atoms with Crippen LogP contribution in [0.25, 0.3) is 11.5 Å². The smallest absolute Gasteiger partial charge is 0.230 e. The number of fused-ring (bicyclic) bond motifs is 1. The number of aromatic nitrogens is 1. The fourth-order valence-corrected chi connectivity index (χ4v) is 3.47. The highest BCUT2D eigenvalue weighted by molar-refractivity contribution is 5.68. The van der Waals surface area contributed by atoms with E-state index < -0.39 is 0 Å². The second kappa shape index (κ2) is 7.94. The Balaban J connectivity index is 1.59. The Labute approximate surface area is 164 Å². The maximum atomic E-state index is 5.98. The molecule has 2 heterocycles. The van der Waals surface area contributed by atoms with Gasteiger partial charge in [-0.05, 0) is 25.1 Å². The maximum Gasteiger partial charge on any atom is 0.230 e. The summed E-state index contributed by atoms with van der Waals surface area (Å²) in [7, 11) is 3.24.